The molecule has 1 aromatic rings. The minimum Gasteiger partial charge on any atom is -0.449 e. The van der Waals surface area contributed by atoms with Crippen LogP contribution < -0.4 is 5.32 Å². The van der Waals surface area contributed by atoms with Crippen molar-refractivity contribution in [3.05, 3.63) is 33.8 Å². The normalized spacial score (nSPS) is 23.6. The van der Waals surface area contributed by atoms with Crippen LogP contribution >= 0.6 is 23.2 Å². The van der Waals surface area contributed by atoms with E-state index in [4.69, 9.17) is 27.9 Å². The fourth-order valence-corrected chi connectivity index (χ4v) is 4.09. The van der Waals surface area contributed by atoms with E-state index in [1.165, 1.54) is 31.0 Å². The summed E-state index contributed by atoms with van der Waals surface area (Å²) in [6, 6.07) is 4.95. The molecule has 25 heavy (non-hydrogen) atoms. The molecule has 0 saturated carbocycles. The molecule has 0 spiro atoms. The van der Waals surface area contributed by atoms with Crippen LogP contribution in [0.25, 0.3) is 0 Å². The molecule has 0 unspecified atom stereocenters. The van der Waals surface area contributed by atoms with Gasteiger partial charge in [-0.15, -0.1) is 0 Å². The molecule has 2 amide bonds. The largest absolute Gasteiger partial charge is 0.449 e. The van der Waals surface area contributed by atoms with Gasteiger partial charge >= 0.3 is 6.09 Å². The molecule has 0 bridgehead atoms. The van der Waals surface area contributed by atoms with Gasteiger partial charge in [-0.3, -0.25) is 15.0 Å². The molecule has 2 heterocycles. The van der Waals surface area contributed by atoms with Crippen LogP contribution in [0.1, 0.15) is 42.5 Å². The Hall–Kier alpha value is -1.30. The van der Waals surface area contributed by atoms with Crippen LogP contribution in [0.2, 0.25) is 10.0 Å². The Kier molecular flexibility index (Phi) is 6.20. The van der Waals surface area contributed by atoms with Crippen LogP contribution in [-0.4, -0.2) is 42.6 Å². The summed E-state index contributed by atoms with van der Waals surface area (Å²) >= 11 is 11.7. The summed E-state index contributed by atoms with van der Waals surface area (Å²) in [4.78, 5) is 26.5. The predicted molar refractivity (Wildman–Crippen MR) is 97.2 cm³/mol. The second-order valence-corrected chi connectivity index (χ2v) is 7.50. The van der Waals surface area contributed by atoms with Crippen molar-refractivity contribution in [3.63, 3.8) is 0 Å². The van der Waals surface area contributed by atoms with Crippen molar-refractivity contribution in [2.45, 2.75) is 38.1 Å². The highest BCUT2D eigenvalue weighted by Crippen LogP contribution is 2.31. The number of nitrogens with zero attached hydrogens (tertiary/aromatic N) is 1. The number of hydrogen-bond acceptors (Lipinski definition) is 4. The third kappa shape index (κ3) is 4.66. The highest BCUT2D eigenvalue weighted by molar-refractivity contribution is 6.42. The monoisotopic (exact) mass is 384 g/mol. The number of imide groups is 1. The lowest BCUT2D eigenvalue weighted by atomic mass is 9.84. The molecular weight excluding hydrogens is 363 g/mol. The molecule has 2 saturated heterocycles. The van der Waals surface area contributed by atoms with Gasteiger partial charge in [0.25, 0.3) is 5.91 Å². The van der Waals surface area contributed by atoms with E-state index in [0.29, 0.717) is 23.6 Å². The molecule has 1 aromatic carbocycles. The molecule has 2 aliphatic rings. The van der Waals surface area contributed by atoms with Gasteiger partial charge in [-0.25, -0.2) is 4.79 Å². The van der Waals surface area contributed by atoms with Crippen LogP contribution in [-0.2, 0) is 4.74 Å². The minimum atomic E-state index is -0.719. The molecule has 5 nitrogen and oxygen atoms in total. The van der Waals surface area contributed by atoms with Crippen molar-refractivity contribution in [2.75, 3.05) is 19.7 Å². The number of rotatable bonds is 3. The lowest BCUT2D eigenvalue weighted by Crippen LogP contribution is -2.49. The number of hydrogen-bond donors (Lipinski definition) is 1. The van der Waals surface area contributed by atoms with E-state index in [9.17, 15) is 9.59 Å². The summed E-state index contributed by atoms with van der Waals surface area (Å²) in [5, 5.41) is 2.86. The summed E-state index contributed by atoms with van der Waals surface area (Å²) in [5.41, 5.74) is 0.266. The number of nitrogens with one attached hydrogen (secondary N) is 1. The molecule has 1 N–H and O–H groups in total. The first kappa shape index (κ1) is 18.5. The van der Waals surface area contributed by atoms with Crippen molar-refractivity contribution in [1.29, 1.82) is 0 Å². The number of benzene rings is 1. The summed E-state index contributed by atoms with van der Waals surface area (Å²) in [6.07, 6.45) is 5.13. The van der Waals surface area contributed by atoms with Crippen molar-refractivity contribution in [1.82, 2.24) is 10.2 Å². The highest BCUT2D eigenvalue weighted by Gasteiger charge is 2.33. The third-order valence-electron chi connectivity index (χ3n) is 5.05. The highest BCUT2D eigenvalue weighted by atomic mass is 35.5. The molecular formula is C18H22Cl2N2O3. The van der Waals surface area contributed by atoms with Crippen molar-refractivity contribution in [2.24, 2.45) is 5.92 Å². The van der Waals surface area contributed by atoms with Gasteiger partial charge in [0.15, 0.2) is 0 Å². The Labute approximate surface area is 157 Å². The average molecular weight is 385 g/mol. The molecule has 2 fully saturated rings. The van der Waals surface area contributed by atoms with Crippen LogP contribution in [0.4, 0.5) is 4.79 Å². The minimum absolute atomic E-state index is 0.266. The van der Waals surface area contributed by atoms with Gasteiger partial charge in [0.05, 0.1) is 16.7 Å². The summed E-state index contributed by atoms with van der Waals surface area (Å²) in [5.74, 6) is -0.202. The maximum atomic E-state index is 12.1. The molecule has 0 radical (unpaired) electrons. The van der Waals surface area contributed by atoms with E-state index >= 15 is 0 Å². The number of carbonyl (C=O) groups excluding carboxylic acids is 2. The third-order valence-corrected chi connectivity index (χ3v) is 5.79. The zero-order valence-corrected chi connectivity index (χ0v) is 15.5. The SMILES string of the molecule is O=C(NC(=O)c1ccc(Cl)c(Cl)c1)OC[C@H]1CCCN2CCCC[C@@H]12. The number of amides is 2. The first-order valence-corrected chi connectivity index (χ1v) is 9.47. The van der Waals surface area contributed by atoms with E-state index in [2.05, 4.69) is 10.2 Å². The second-order valence-electron chi connectivity index (χ2n) is 6.68. The number of halogens is 2. The zero-order chi connectivity index (χ0) is 17.8. The van der Waals surface area contributed by atoms with Crippen molar-refractivity contribution in [3.8, 4) is 0 Å². The summed E-state index contributed by atoms with van der Waals surface area (Å²) < 4.78 is 5.32. The molecule has 0 aromatic heterocycles. The fourth-order valence-electron chi connectivity index (χ4n) is 3.79. The first-order chi connectivity index (χ1) is 12.0. The van der Waals surface area contributed by atoms with Crippen LogP contribution in [0.3, 0.4) is 0 Å². The Balaban J connectivity index is 1.50. The topological polar surface area (TPSA) is 58.6 Å². The number of fused-ring (bicyclic) bond motifs is 1. The first-order valence-electron chi connectivity index (χ1n) is 8.72. The maximum absolute atomic E-state index is 12.1. The van der Waals surface area contributed by atoms with E-state index in [0.717, 1.165) is 32.4 Å². The molecule has 7 heteroatoms. The van der Waals surface area contributed by atoms with Crippen molar-refractivity contribution < 1.29 is 14.3 Å². The van der Waals surface area contributed by atoms with Gasteiger partial charge in [-0.05, 0) is 57.0 Å². The Morgan fingerprint density at radius 3 is 2.72 bits per heavy atom. The van der Waals surface area contributed by atoms with Gasteiger partial charge in [0, 0.05) is 17.5 Å². The zero-order valence-electron chi connectivity index (χ0n) is 14.0. The van der Waals surface area contributed by atoms with Gasteiger partial charge in [0.2, 0.25) is 0 Å². The van der Waals surface area contributed by atoms with E-state index in [-0.39, 0.29) is 10.6 Å². The molecule has 0 aliphatic carbocycles. The molecule has 2 atom stereocenters. The van der Waals surface area contributed by atoms with Gasteiger partial charge in [-0.1, -0.05) is 29.6 Å². The predicted octanol–water partition coefficient (Wildman–Crippen LogP) is 4.12. The maximum Gasteiger partial charge on any atom is 0.414 e. The Morgan fingerprint density at radius 1 is 1.12 bits per heavy atom. The Bertz CT molecular complexity index is 651. The lowest BCUT2D eigenvalue weighted by Gasteiger charge is -2.44. The van der Waals surface area contributed by atoms with Gasteiger partial charge in [0.1, 0.15) is 0 Å². The number of piperidine rings is 2. The quantitative estimate of drug-likeness (QED) is 0.850. The van der Waals surface area contributed by atoms with E-state index < -0.39 is 12.0 Å². The summed E-state index contributed by atoms with van der Waals surface area (Å²) in [6.45, 7) is 2.63. The van der Waals surface area contributed by atoms with Crippen LogP contribution in [0.5, 0.6) is 0 Å². The van der Waals surface area contributed by atoms with Crippen LogP contribution in [0.15, 0.2) is 18.2 Å². The molecule has 3 rings (SSSR count). The van der Waals surface area contributed by atoms with Gasteiger partial charge < -0.3 is 4.74 Å². The van der Waals surface area contributed by atoms with E-state index in [1.54, 1.807) is 0 Å². The summed E-state index contributed by atoms with van der Waals surface area (Å²) in [7, 11) is 0. The molecule has 2 aliphatic heterocycles. The number of carbonyl (C=O) groups is 2. The average Bonchev–Trinajstić information content (AvgIpc) is 2.62. The fraction of sp³-hybridized carbons (Fsp3) is 0.556. The second kappa shape index (κ2) is 8.39. The lowest BCUT2D eigenvalue weighted by molar-refractivity contribution is 0.0235. The van der Waals surface area contributed by atoms with Crippen molar-refractivity contribution >= 4 is 35.2 Å². The smallest absolute Gasteiger partial charge is 0.414 e. The van der Waals surface area contributed by atoms with Crippen LogP contribution in [0, 0.1) is 5.92 Å². The number of alkyl carbamates (subject to hydrolysis) is 1. The van der Waals surface area contributed by atoms with Gasteiger partial charge in [-0.2, -0.15) is 0 Å². The molecule has 136 valence electrons. The number of ether oxygens (including phenoxy) is 1. The Morgan fingerprint density at radius 2 is 1.92 bits per heavy atom. The van der Waals surface area contributed by atoms with E-state index in [1.807, 2.05) is 0 Å². The standard InChI is InChI=1S/C18H22Cl2N2O3/c19-14-7-6-12(10-15(14)20)17(23)21-18(24)25-11-13-4-3-9-22-8-2-1-5-16(13)22/h6-7,10,13,16H,1-5,8-9,11H2,(H,21,23,24)/t13-,16+/m1/s1.